The van der Waals surface area contributed by atoms with E-state index in [1.807, 2.05) is 17.8 Å². The Morgan fingerprint density at radius 3 is 2.90 bits per heavy atom. The molecule has 0 spiro atoms. The van der Waals surface area contributed by atoms with Crippen LogP contribution in [0.5, 0.6) is 0 Å². The smallest absolute Gasteiger partial charge is 0.340 e. The van der Waals surface area contributed by atoms with Gasteiger partial charge in [0.1, 0.15) is 11.6 Å². The lowest BCUT2D eigenvalue weighted by molar-refractivity contribution is 0.0527. The first kappa shape index (κ1) is 14.8. The van der Waals surface area contributed by atoms with E-state index in [1.54, 1.807) is 19.2 Å². The van der Waals surface area contributed by atoms with E-state index in [2.05, 4.69) is 15.3 Å². The molecule has 0 unspecified atom stereocenters. The molecule has 7 heteroatoms. The fourth-order valence-electron chi connectivity index (χ4n) is 1.93. The van der Waals surface area contributed by atoms with Crippen molar-refractivity contribution in [2.75, 3.05) is 24.2 Å². The first-order valence-electron chi connectivity index (χ1n) is 6.75. The summed E-state index contributed by atoms with van der Waals surface area (Å²) in [6.45, 7) is 2.68. The molecule has 3 N–H and O–H groups in total. The van der Waals surface area contributed by atoms with E-state index < -0.39 is 5.97 Å². The molecule has 0 aliphatic rings. The van der Waals surface area contributed by atoms with Gasteiger partial charge in [-0.05, 0) is 13.0 Å². The van der Waals surface area contributed by atoms with Gasteiger partial charge in [-0.2, -0.15) is 0 Å². The van der Waals surface area contributed by atoms with E-state index in [-0.39, 0.29) is 0 Å². The molecule has 112 valence electrons. The fraction of sp³-hybridized carbons (Fsp3) is 0.357. The second-order valence-corrected chi connectivity index (χ2v) is 4.47. The van der Waals surface area contributed by atoms with Crippen LogP contribution in [-0.4, -0.2) is 33.7 Å². The highest BCUT2D eigenvalue weighted by Gasteiger charge is 2.14. The van der Waals surface area contributed by atoms with E-state index in [0.29, 0.717) is 30.2 Å². The summed E-state index contributed by atoms with van der Waals surface area (Å²) in [5.74, 6) is 1.00. The molecule has 2 heterocycles. The van der Waals surface area contributed by atoms with Crippen molar-refractivity contribution < 1.29 is 9.53 Å². The van der Waals surface area contributed by atoms with Crippen molar-refractivity contribution in [1.82, 2.24) is 14.5 Å². The number of hydrogen-bond donors (Lipinski definition) is 2. The Balaban J connectivity index is 2.02. The number of ether oxygens (including phenoxy) is 1. The SMILES string of the molecule is CCOC(=O)c1ccnc(NCCc2nccn2C)c1N. The molecule has 0 aromatic carbocycles. The Morgan fingerprint density at radius 1 is 1.43 bits per heavy atom. The maximum absolute atomic E-state index is 11.8. The van der Waals surface area contributed by atoms with Gasteiger partial charge in [-0.15, -0.1) is 0 Å². The van der Waals surface area contributed by atoms with Crippen LogP contribution in [0.25, 0.3) is 0 Å². The summed E-state index contributed by atoms with van der Waals surface area (Å²) in [7, 11) is 1.94. The molecule has 0 saturated carbocycles. The molecular formula is C14H19N5O2. The largest absolute Gasteiger partial charge is 0.462 e. The number of nitrogens with zero attached hydrogens (tertiary/aromatic N) is 3. The summed E-state index contributed by atoms with van der Waals surface area (Å²) in [6, 6.07) is 1.55. The maximum atomic E-state index is 11.8. The van der Waals surface area contributed by atoms with Crippen molar-refractivity contribution >= 4 is 17.5 Å². The number of carbonyl (C=O) groups excluding carboxylic acids is 1. The second kappa shape index (κ2) is 6.74. The van der Waals surface area contributed by atoms with Crippen LogP contribution in [0.3, 0.4) is 0 Å². The monoisotopic (exact) mass is 289 g/mol. The van der Waals surface area contributed by atoms with Gasteiger partial charge in [0.25, 0.3) is 0 Å². The molecule has 2 aromatic heterocycles. The average Bonchev–Trinajstić information content (AvgIpc) is 2.86. The van der Waals surface area contributed by atoms with Crippen molar-refractivity contribution in [2.24, 2.45) is 7.05 Å². The van der Waals surface area contributed by atoms with Crippen LogP contribution in [-0.2, 0) is 18.2 Å². The average molecular weight is 289 g/mol. The minimum Gasteiger partial charge on any atom is -0.462 e. The molecule has 0 fully saturated rings. The first-order chi connectivity index (χ1) is 10.1. The molecule has 0 aliphatic carbocycles. The normalized spacial score (nSPS) is 10.4. The molecule has 0 radical (unpaired) electrons. The van der Waals surface area contributed by atoms with Crippen molar-refractivity contribution in [2.45, 2.75) is 13.3 Å². The highest BCUT2D eigenvalue weighted by molar-refractivity contribution is 5.97. The van der Waals surface area contributed by atoms with Gasteiger partial charge in [0.2, 0.25) is 0 Å². The van der Waals surface area contributed by atoms with Crippen LogP contribution in [0, 0.1) is 0 Å². The van der Waals surface area contributed by atoms with Crippen LogP contribution >= 0.6 is 0 Å². The predicted octanol–water partition coefficient (Wildman–Crippen LogP) is 1.23. The molecule has 21 heavy (non-hydrogen) atoms. The third kappa shape index (κ3) is 3.50. The zero-order valence-corrected chi connectivity index (χ0v) is 12.2. The molecule has 0 saturated heterocycles. The number of hydrogen-bond acceptors (Lipinski definition) is 6. The topological polar surface area (TPSA) is 95.1 Å². The minimum absolute atomic E-state index is 0.302. The van der Waals surface area contributed by atoms with Gasteiger partial charge in [0, 0.05) is 38.6 Å². The molecule has 2 aromatic rings. The number of nitrogen functional groups attached to an aromatic ring is 1. The Labute approximate surface area is 123 Å². The Hall–Kier alpha value is -2.57. The minimum atomic E-state index is -0.440. The number of nitrogens with one attached hydrogen (secondary N) is 1. The van der Waals surface area contributed by atoms with Crippen molar-refractivity contribution in [3.63, 3.8) is 0 Å². The zero-order valence-electron chi connectivity index (χ0n) is 12.2. The van der Waals surface area contributed by atoms with Gasteiger partial charge >= 0.3 is 5.97 Å². The summed E-state index contributed by atoms with van der Waals surface area (Å²) in [6.07, 6.45) is 5.91. The van der Waals surface area contributed by atoms with E-state index in [0.717, 1.165) is 12.2 Å². The van der Waals surface area contributed by atoms with Gasteiger partial charge in [-0.25, -0.2) is 14.8 Å². The number of aryl methyl sites for hydroxylation is 1. The molecule has 7 nitrogen and oxygen atoms in total. The number of pyridine rings is 1. The summed E-state index contributed by atoms with van der Waals surface area (Å²) in [5.41, 5.74) is 6.58. The van der Waals surface area contributed by atoms with Gasteiger partial charge in [-0.1, -0.05) is 0 Å². The fourth-order valence-corrected chi connectivity index (χ4v) is 1.93. The summed E-state index contributed by atoms with van der Waals surface area (Å²) in [4.78, 5) is 20.1. The lowest BCUT2D eigenvalue weighted by Crippen LogP contribution is -2.14. The highest BCUT2D eigenvalue weighted by atomic mass is 16.5. The zero-order chi connectivity index (χ0) is 15.2. The number of rotatable bonds is 6. The molecule has 0 aliphatic heterocycles. The van der Waals surface area contributed by atoms with Gasteiger partial charge in [0.15, 0.2) is 0 Å². The second-order valence-electron chi connectivity index (χ2n) is 4.47. The van der Waals surface area contributed by atoms with Gasteiger partial charge in [0.05, 0.1) is 17.9 Å². The van der Waals surface area contributed by atoms with Gasteiger partial charge < -0.3 is 20.4 Å². The lowest BCUT2D eigenvalue weighted by Gasteiger charge is -2.11. The highest BCUT2D eigenvalue weighted by Crippen LogP contribution is 2.20. The maximum Gasteiger partial charge on any atom is 0.340 e. The van der Waals surface area contributed by atoms with Gasteiger partial charge in [-0.3, -0.25) is 0 Å². The van der Waals surface area contributed by atoms with Crippen LogP contribution in [0.1, 0.15) is 23.1 Å². The van der Waals surface area contributed by atoms with E-state index in [9.17, 15) is 4.79 Å². The Bertz CT molecular complexity index is 624. The van der Waals surface area contributed by atoms with E-state index in [4.69, 9.17) is 10.5 Å². The molecular weight excluding hydrogens is 270 g/mol. The standard InChI is InChI=1S/C14H19N5O2/c1-3-21-14(20)10-4-6-17-13(12(10)15)18-7-5-11-16-8-9-19(11)2/h4,6,8-9H,3,5,7,15H2,1-2H3,(H,17,18). The first-order valence-corrected chi connectivity index (χ1v) is 6.75. The van der Waals surface area contributed by atoms with Crippen LogP contribution in [0.15, 0.2) is 24.7 Å². The number of nitrogens with two attached hydrogens (primary N) is 1. The molecule has 2 rings (SSSR count). The Kier molecular flexibility index (Phi) is 4.76. The molecule has 0 amide bonds. The third-order valence-electron chi connectivity index (χ3n) is 3.05. The number of anilines is 2. The number of aromatic nitrogens is 3. The van der Waals surface area contributed by atoms with Crippen molar-refractivity contribution in [1.29, 1.82) is 0 Å². The number of imidazole rings is 1. The quantitative estimate of drug-likeness (QED) is 0.777. The Morgan fingerprint density at radius 2 is 2.24 bits per heavy atom. The summed E-state index contributed by atoms with van der Waals surface area (Å²) >= 11 is 0. The third-order valence-corrected chi connectivity index (χ3v) is 3.05. The van der Waals surface area contributed by atoms with Crippen LogP contribution < -0.4 is 11.1 Å². The summed E-state index contributed by atoms with van der Waals surface area (Å²) in [5, 5.41) is 3.12. The lowest BCUT2D eigenvalue weighted by atomic mass is 10.2. The van der Waals surface area contributed by atoms with Crippen LogP contribution in [0.2, 0.25) is 0 Å². The molecule has 0 atom stereocenters. The van der Waals surface area contributed by atoms with E-state index in [1.165, 1.54) is 6.20 Å². The van der Waals surface area contributed by atoms with Crippen LogP contribution in [0.4, 0.5) is 11.5 Å². The van der Waals surface area contributed by atoms with Crippen molar-refractivity contribution in [3.8, 4) is 0 Å². The summed E-state index contributed by atoms with van der Waals surface area (Å²) < 4.78 is 6.91. The van der Waals surface area contributed by atoms with E-state index >= 15 is 0 Å². The van der Waals surface area contributed by atoms with Crippen molar-refractivity contribution in [3.05, 3.63) is 36.0 Å². The predicted molar refractivity (Wildman–Crippen MR) is 80.0 cm³/mol. The number of esters is 1. The number of carbonyl (C=O) groups is 1. The molecule has 0 bridgehead atoms.